The first-order valence-electron chi connectivity index (χ1n) is 10.8. The number of hydrogen-bond donors (Lipinski definition) is 2. The average Bonchev–Trinajstić information content (AvgIpc) is 2.92. The minimum Gasteiger partial charge on any atom is -0.354 e. The number of hydrogen-bond acceptors (Lipinski definition) is 4. The molecule has 174 valence electrons. The summed E-state index contributed by atoms with van der Waals surface area (Å²) in [5, 5.41) is 6.22. The van der Waals surface area contributed by atoms with E-state index in [0.29, 0.717) is 30.5 Å². The number of amides is 2. The van der Waals surface area contributed by atoms with Crippen molar-refractivity contribution in [3.63, 3.8) is 0 Å². The SMILES string of the molecule is CC(=O)NC[C@@H](NC(=O)c1nc(-c2cc(Cl)ccc2F)n2c1CN(C)CCC2)C(C)(C)C. The van der Waals surface area contributed by atoms with Crippen LogP contribution in [-0.2, 0) is 17.9 Å². The third-order valence-electron chi connectivity index (χ3n) is 5.70. The first-order chi connectivity index (χ1) is 15.0. The van der Waals surface area contributed by atoms with E-state index in [2.05, 4.69) is 20.5 Å². The molecule has 2 amide bonds. The highest BCUT2D eigenvalue weighted by atomic mass is 35.5. The monoisotopic (exact) mass is 463 g/mol. The molecule has 2 aromatic rings. The Kier molecular flexibility index (Phi) is 7.25. The second kappa shape index (κ2) is 9.58. The molecule has 0 unspecified atom stereocenters. The minimum absolute atomic E-state index is 0.162. The summed E-state index contributed by atoms with van der Waals surface area (Å²) < 4.78 is 16.6. The molecule has 1 aromatic heterocycles. The third kappa shape index (κ3) is 5.48. The first-order valence-corrected chi connectivity index (χ1v) is 11.1. The van der Waals surface area contributed by atoms with Crippen molar-refractivity contribution in [1.82, 2.24) is 25.1 Å². The van der Waals surface area contributed by atoms with Crippen molar-refractivity contribution in [3.05, 3.63) is 40.4 Å². The molecule has 3 rings (SSSR count). The third-order valence-corrected chi connectivity index (χ3v) is 5.94. The molecule has 9 heteroatoms. The summed E-state index contributed by atoms with van der Waals surface area (Å²) >= 11 is 6.13. The topological polar surface area (TPSA) is 79.3 Å². The Morgan fingerprint density at radius 2 is 2.00 bits per heavy atom. The van der Waals surface area contributed by atoms with Gasteiger partial charge in [-0.05, 0) is 43.6 Å². The van der Waals surface area contributed by atoms with Gasteiger partial charge in [-0.2, -0.15) is 0 Å². The fourth-order valence-corrected chi connectivity index (χ4v) is 4.00. The number of fused-ring (bicyclic) bond motifs is 1. The van der Waals surface area contributed by atoms with Crippen molar-refractivity contribution < 1.29 is 14.0 Å². The van der Waals surface area contributed by atoms with E-state index >= 15 is 0 Å². The highest BCUT2D eigenvalue weighted by Gasteiger charge is 2.31. The predicted molar refractivity (Wildman–Crippen MR) is 123 cm³/mol. The number of nitrogens with one attached hydrogen (secondary N) is 2. The quantitative estimate of drug-likeness (QED) is 0.711. The molecule has 1 aromatic carbocycles. The molecule has 0 aliphatic carbocycles. The van der Waals surface area contributed by atoms with Crippen LogP contribution in [0.5, 0.6) is 0 Å². The maximum atomic E-state index is 14.7. The molecule has 0 saturated heterocycles. The summed E-state index contributed by atoms with van der Waals surface area (Å²) in [7, 11) is 1.98. The van der Waals surface area contributed by atoms with Crippen molar-refractivity contribution in [2.24, 2.45) is 5.41 Å². The molecule has 1 aliphatic rings. The highest BCUT2D eigenvalue weighted by molar-refractivity contribution is 6.30. The smallest absolute Gasteiger partial charge is 0.272 e. The zero-order valence-electron chi connectivity index (χ0n) is 19.3. The summed E-state index contributed by atoms with van der Waals surface area (Å²) in [4.78, 5) is 31.5. The van der Waals surface area contributed by atoms with E-state index in [1.54, 1.807) is 0 Å². The largest absolute Gasteiger partial charge is 0.354 e. The van der Waals surface area contributed by atoms with Crippen LogP contribution in [0.2, 0.25) is 5.02 Å². The Morgan fingerprint density at radius 3 is 2.66 bits per heavy atom. The van der Waals surface area contributed by atoms with Crippen molar-refractivity contribution in [3.8, 4) is 11.4 Å². The van der Waals surface area contributed by atoms with E-state index in [-0.39, 0.29) is 34.5 Å². The second-order valence-corrected chi connectivity index (χ2v) is 9.86. The maximum Gasteiger partial charge on any atom is 0.272 e. The highest BCUT2D eigenvalue weighted by Crippen LogP contribution is 2.30. The van der Waals surface area contributed by atoms with E-state index < -0.39 is 5.82 Å². The molecule has 1 aliphatic heterocycles. The van der Waals surface area contributed by atoms with Crippen LogP contribution in [-0.4, -0.2) is 52.4 Å². The van der Waals surface area contributed by atoms with Gasteiger partial charge < -0.3 is 20.1 Å². The standard InChI is InChI=1S/C23H31ClFN5O2/c1-14(31)26-12-19(23(2,3)4)27-22(32)20-18-13-29(5)9-6-10-30(18)21(28-20)16-11-15(24)7-8-17(16)25/h7-8,11,19H,6,9-10,12-13H2,1-5H3,(H,26,31)(H,27,32)/t19-/m1/s1. The van der Waals surface area contributed by atoms with Crippen LogP contribution in [0.4, 0.5) is 4.39 Å². The summed E-state index contributed by atoms with van der Waals surface area (Å²) in [6.07, 6.45) is 0.850. The lowest BCUT2D eigenvalue weighted by atomic mass is 9.86. The number of imidazole rings is 1. The lowest BCUT2D eigenvalue weighted by Gasteiger charge is -2.31. The van der Waals surface area contributed by atoms with E-state index in [9.17, 15) is 14.0 Å². The molecule has 1 atom stereocenters. The Hall–Kier alpha value is -2.45. The number of halogens is 2. The summed E-state index contributed by atoms with van der Waals surface area (Å²) in [6.45, 7) is 9.72. The summed E-state index contributed by atoms with van der Waals surface area (Å²) in [5.41, 5.74) is 0.982. The molecule has 0 spiro atoms. The van der Waals surface area contributed by atoms with Crippen LogP contribution < -0.4 is 10.6 Å². The van der Waals surface area contributed by atoms with Gasteiger partial charge in [-0.1, -0.05) is 32.4 Å². The fraction of sp³-hybridized carbons (Fsp3) is 0.522. The molecular weight excluding hydrogens is 433 g/mol. The van der Waals surface area contributed by atoms with Gasteiger partial charge in [-0.25, -0.2) is 9.37 Å². The molecule has 2 N–H and O–H groups in total. The van der Waals surface area contributed by atoms with Crippen molar-refractivity contribution in [1.29, 1.82) is 0 Å². The maximum absolute atomic E-state index is 14.7. The Labute approximate surface area is 193 Å². The van der Waals surface area contributed by atoms with Gasteiger partial charge in [0.05, 0.1) is 17.3 Å². The number of rotatable bonds is 5. The Bertz CT molecular complexity index is 1010. The van der Waals surface area contributed by atoms with Crippen molar-refractivity contribution in [2.45, 2.75) is 53.2 Å². The number of carbonyl (C=O) groups is 2. The van der Waals surface area contributed by atoms with Gasteiger partial charge in [0.2, 0.25) is 5.91 Å². The van der Waals surface area contributed by atoms with Crippen LogP contribution in [0.15, 0.2) is 18.2 Å². The van der Waals surface area contributed by atoms with Gasteiger partial charge in [0.25, 0.3) is 5.91 Å². The van der Waals surface area contributed by atoms with Gasteiger partial charge in [-0.15, -0.1) is 0 Å². The average molecular weight is 464 g/mol. The molecule has 0 radical (unpaired) electrons. The van der Waals surface area contributed by atoms with Gasteiger partial charge in [0.15, 0.2) is 5.69 Å². The summed E-state index contributed by atoms with van der Waals surface area (Å²) in [6, 6.07) is 4.03. The number of nitrogens with zero attached hydrogens (tertiary/aromatic N) is 3. The molecule has 7 nitrogen and oxygen atoms in total. The zero-order valence-corrected chi connectivity index (χ0v) is 20.0. The van der Waals surface area contributed by atoms with E-state index in [1.807, 2.05) is 32.4 Å². The van der Waals surface area contributed by atoms with Crippen LogP contribution >= 0.6 is 11.6 Å². The van der Waals surface area contributed by atoms with Crippen molar-refractivity contribution in [2.75, 3.05) is 20.1 Å². The normalized spacial score (nSPS) is 15.6. The van der Waals surface area contributed by atoms with Gasteiger partial charge >= 0.3 is 0 Å². The molecule has 32 heavy (non-hydrogen) atoms. The van der Waals surface area contributed by atoms with Crippen LogP contribution in [0.25, 0.3) is 11.4 Å². The number of aromatic nitrogens is 2. The Balaban J connectivity index is 2.03. The van der Waals surface area contributed by atoms with E-state index in [1.165, 1.54) is 25.1 Å². The molecule has 0 fully saturated rings. The summed E-state index contributed by atoms with van der Waals surface area (Å²) in [5.74, 6) is -0.549. The first kappa shape index (κ1) is 24.2. The Morgan fingerprint density at radius 1 is 1.28 bits per heavy atom. The molecule has 0 saturated carbocycles. The van der Waals surface area contributed by atoms with Crippen LogP contribution in [0.1, 0.15) is 50.3 Å². The number of benzene rings is 1. The van der Waals surface area contributed by atoms with Crippen molar-refractivity contribution >= 4 is 23.4 Å². The lowest BCUT2D eigenvalue weighted by molar-refractivity contribution is -0.119. The van der Waals surface area contributed by atoms with Crippen LogP contribution in [0, 0.1) is 11.2 Å². The molecular formula is C23H31ClFN5O2. The fourth-order valence-electron chi connectivity index (χ4n) is 3.82. The lowest BCUT2D eigenvalue weighted by Crippen LogP contribution is -2.50. The zero-order chi connectivity index (χ0) is 23.6. The van der Waals surface area contributed by atoms with Gasteiger partial charge in [0, 0.05) is 31.6 Å². The van der Waals surface area contributed by atoms with Gasteiger partial charge in [0.1, 0.15) is 11.6 Å². The van der Waals surface area contributed by atoms with Gasteiger partial charge in [-0.3, -0.25) is 9.59 Å². The number of carbonyl (C=O) groups excluding carboxylic acids is 2. The predicted octanol–water partition coefficient (Wildman–Crippen LogP) is 3.46. The second-order valence-electron chi connectivity index (χ2n) is 9.43. The molecule has 0 bridgehead atoms. The van der Waals surface area contributed by atoms with E-state index in [4.69, 9.17) is 11.6 Å². The molecule has 2 heterocycles. The van der Waals surface area contributed by atoms with E-state index in [0.717, 1.165) is 18.7 Å². The minimum atomic E-state index is -0.440. The van der Waals surface area contributed by atoms with Crippen LogP contribution in [0.3, 0.4) is 0 Å².